The molecule has 1 heterocycles. The number of unbranched alkanes of at least 4 members (excludes halogenated alkanes) is 37. The zero-order valence-corrected chi connectivity index (χ0v) is 44.6. The van der Waals surface area contributed by atoms with Crippen molar-refractivity contribution in [3.8, 4) is 0 Å². The number of aliphatic hydroxyl groups excluding tert-OH is 5. The highest BCUT2D eigenvalue weighted by Gasteiger charge is 2.44. The van der Waals surface area contributed by atoms with Crippen molar-refractivity contribution in [3.63, 3.8) is 0 Å². The summed E-state index contributed by atoms with van der Waals surface area (Å²) in [4.78, 5) is 13.1. The first kappa shape index (κ1) is 64.7. The van der Waals surface area contributed by atoms with E-state index in [0.717, 1.165) is 51.4 Å². The number of amides is 1. The van der Waals surface area contributed by atoms with Crippen LogP contribution in [-0.2, 0) is 14.3 Å². The van der Waals surface area contributed by atoms with Crippen LogP contribution in [0.4, 0.5) is 0 Å². The fraction of sp³-hybridized carbons (Fsp3) is 0.915. The maximum absolute atomic E-state index is 13.1. The summed E-state index contributed by atoms with van der Waals surface area (Å²) in [7, 11) is 0. The van der Waals surface area contributed by atoms with E-state index in [1.54, 1.807) is 0 Å². The van der Waals surface area contributed by atoms with Crippen molar-refractivity contribution >= 4 is 5.91 Å². The summed E-state index contributed by atoms with van der Waals surface area (Å²) in [6, 6.07) is -0.723. The van der Waals surface area contributed by atoms with E-state index < -0.39 is 49.5 Å². The molecule has 1 saturated heterocycles. The van der Waals surface area contributed by atoms with Gasteiger partial charge in [-0.2, -0.15) is 0 Å². The summed E-state index contributed by atoms with van der Waals surface area (Å²) >= 11 is 0. The van der Waals surface area contributed by atoms with Crippen LogP contribution in [0.2, 0.25) is 0 Å². The standard InChI is InChI=1S/C59H113NO8/c1-3-5-7-9-11-13-15-17-19-21-23-24-25-26-27-28-29-30-31-32-34-36-38-40-42-44-46-48-53(62)52(51-67-59-58(66)57(65)56(64)54(50-61)68-59)60-55(63)49-47-45-43-41-39-37-35-33-22-20-18-16-14-12-10-8-6-4-2/h14,16,20,22,52-54,56-59,61-62,64-66H,3-13,15,17-19,21,23-51H2,1-2H3,(H,60,63)/b16-14-,22-20-. The number of hydrogen-bond acceptors (Lipinski definition) is 8. The Labute approximate surface area is 419 Å². The average molecular weight is 965 g/mol. The van der Waals surface area contributed by atoms with E-state index in [-0.39, 0.29) is 12.5 Å². The van der Waals surface area contributed by atoms with Gasteiger partial charge in [0.05, 0.1) is 25.4 Å². The molecule has 7 atom stereocenters. The van der Waals surface area contributed by atoms with Gasteiger partial charge in [0.2, 0.25) is 5.91 Å². The molecular weight excluding hydrogens is 851 g/mol. The lowest BCUT2D eigenvalue weighted by atomic mass is 9.99. The molecule has 9 nitrogen and oxygen atoms in total. The molecule has 0 saturated carbocycles. The van der Waals surface area contributed by atoms with Crippen molar-refractivity contribution in [2.45, 2.75) is 333 Å². The lowest BCUT2D eigenvalue weighted by molar-refractivity contribution is -0.302. The molecule has 0 spiro atoms. The van der Waals surface area contributed by atoms with E-state index in [1.165, 1.54) is 212 Å². The summed E-state index contributed by atoms with van der Waals surface area (Å²) in [6.45, 7) is 3.85. The molecular formula is C59H113NO8. The second-order valence-electron chi connectivity index (χ2n) is 20.8. The molecule has 0 aliphatic carbocycles. The smallest absolute Gasteiger partial charge is 0.220 e. The topological polar surface area (TPSA) is 149 Å². The highest BCUT2D eigenvalue weighted by molar-refractivity contribution is 5.76. The molecule has 7 unspecified atom stereocenters. The second kappa shape index (κ2) is 49.3. The quantitative estimate of drug-likeness (QED) is 0.0261. The normalized spacial score (nSPS) is 19.7. The summed E-state index contributed by atoms with van der Waals surface area (Å²) in [5, 5.41) is 54.7. The Balaban J connectivity index is 2.18. The van der Waals surface area contributed by atoms with Crippen LogP contribution in [0.25, 0.3) is 0 Å². The van der Waals surface area contributed by atoms with Crippen LogP contribution in [0.5, 0.6) is 0 Å². The van der Waals surface area contributed by atoms with E-state index in [2.05, 4.69) is 43.5 Å². The maximum Gasteiger partial charge on any atom is 0.220 e. The van der Waals surface area contributed by atoms with Gasteiger partial charge in [-0.25, -0.2) is 0 Å². The number of aliphatic hydroxyl groups is 5. The van der Waals surface area contributed by atoms with Crippen molar-refractivity contribution < 1.29 is 39.8 Å². The molecule has 0 aromatic rings. The Morgan fingerprint density at radius 2 is 0.868 bits per heavy atom. The molecule has 6 N–H and O–H groups in total. The number of hydrogen-bond donors (Lipinski definition) is 6. The molecule has 68 heavy (non-hydrogen) atoms. The molecule has 1 aliphatic rings. The Hall–Kier alpha value is -1.33. The van der Waals surface area contributed by atoms with Gasteiger partial charge < -0.3 is 40.3 Å². The highest BCUT2D eigenvalue weighted by Crippen LogP contribution is 2.23. The third-order valence-electron chi connectivity index (χ3n) is 14.3. The predicted octanol–water partition coefficient (Wildman–Crippen LogP) is 14.6. The minimum Gasteiger partial charge on any atom is -0.394 e. The van der Waals surface area contributed by atoms with Crippen molar-refractivity contribution in [2.75, 3.05) is 13.2 Å². The Kier molecular flexibility index (Phi) is 46.9. The fourth-order valence-electron chi connectivity index (χ4n) is 9.61. The van der Waals surface area contributed by atoms with Crippen LogP contribution in [0.1, 0.15) is 290 Å². The predicted molar refractivity (Wildman–Crippen MR) is 286 cm³/mol. The van der Waals surface area contributed by atoms with E-state index in [9.17, 15) is 30.3 Å². The first-order chi connectivity index (χ1) is 33.3. The lowest BCUT2D eigenvalue weighted by Crippen LogP contribution is -2.60. The van der Waals surface area contributed by atoms with Gasteiger partial charge in [-0.1, -0.05) is 263 Å². The fourth-order valence-corrected chi connectivity index (χ4v) is 9.61. The van der Waals surface area contributed by atoms with Gasteiger partial charge in [-0.05, 0) is 44.9 Å². The van der Waals surface area contributed by atoms with Crippen LogP contribution in [0.3, 0.4) is 0 Å². The first-order valence-corrected chi connectivity index (χ1v) is 29.5. The van der Waals surface area contributed by atoms with Gasteiger partial charge in [-0.15, -0.1) is 0 Å². The SMILES string of the molecule is CCCCCC/C=C\C/C=C\CCCCCCCCCC(=O)NC(COC1OC(CO)C(O)C(O)C1O)C(O)CCCCCCCCCCCCCCCCCCCCCCCCCCCCC. The zero-order chi connectivity index (χ0) is 49.4. The third kappa shape index (κ3) is 38.4. The number of carbonyl (C=O) groups excluding carboxylic acids is 1. The summed E-state index contributed by atoms with van der Waals surface area (Å²) in [5.74, 6) is -0.148. The largest absolute Gasteiger partial charge is 0.394 e. The Bertz CT molecular complexity index is 1120. The number of carbonyl (C=O) groups is 1. The summed E-state index contributed by atoms with van der Waals surface area (Å²) in [5.41, 5.74) is 0. The molecule has 1 aliphatic heterocycles. The average Bonchev–Trinajstić information content (AvgIpc) is 3.34. The van der Waals surface area contributed by atoms with Crippen molar-refractivity contribution in [1.29, 1.82) is 0 Å². The van der Waals surface area contributed by atoms with Gasteiger partial charge in [0.25, 0.3) is 0 Å². The van der Waals surface area contributed by atoms with E-state index in [4.69, 9.17) is 9.47 Å². The van der Waals surface area contributed by atoms with E-state index in [0.29, 0.717) is 12.8 Å². The first-order valence-electron chi connectivity index (χ1n) is 29.5. The summed E-state index contributed by atoms with van der Waals surface area (Å²) in [6.07, 6.45) is 54.9. The zero-order valence-electron chi connectivity index (χ0n) is 44.6. The molecule has 0 radical (unpaired) electrons. The van der Waals surface area contributed by atoms with Crippen molar-refractivity contribution in [3.05, 3.63) is 24.3 Å². The van der Waals surface area contributed by atoms with Crippen molar-refractivity contribution in [1.82, 2.24) is 5.32 Å². The van der Waals surface area contributed by atoms with E-state index in [1.807, 2.05) is 0 Å². The number of nitrogens with one attached hydrogen (secondary N) is 1. The lowest BCUT2D eigenvalue weighted by Gasteiger charge is -2.40. The maximum atomic E-state index is 13.1. The molecule has 1 amide bonds. The molecule has 1 rings (SSSR count). The van der Waals surface area contributed by atoms with Crippen LogP contribution >= 0.6 is 0 Å². The Morgan fingerprint density at radius 3 is 1.28 bits per heavy atom. The van der Waals surface area contributed by atoms with Gasteiger partial charge in [-0.3, -0.25) is 4.79 Å². The van der Waals surface area contributed by atoms with Gasteiger partial charge >= 0.3 is 0 Å². The van der Waals surface area contributed by atoms with Gasteiger partial charge in [0.1, 0.15) is 24.4 Å². The number of ether oxygens (including phenoxy) is 2. The molecule has 1 fully saturated rings. The minimum absolute atomic E-state index is 0.139. The molecule has 0 aromatic heterocycles. The van der Waals surface area contributed by atoms with Crippen LogP contribution in [-0.4, -0.2) is 87.5 Å². The van der Waals surface area contributed by atoms with Gasteiger partial charge in [0.15, 0.2) is 6.29 Å². The van der Waals surface area contributed by atoms with Crippen LogP contribution in [0.15, 0.2) is 24.3 Å². The third-order valence-corrected chi connectivity index (χ3v) is 14.3. The molecule has 0 bridgehead atoms. The Morgan fingerprint density at radius 1 is 0.500 bits per heavy atom. The highest BCUT2D eigenvalue weighted by atomic mass is 16.7. The van der Waals surface area contributed by atoms with Crippen molar-refractivity contribution in [2.24, 2.45) is 0 Å². The molecule has 402 valence electrons. The van der Waals surface area contributed by atoms with Crippen LogP contribution < -0.4 is 5.32 Å². The monoisotopic (exact) mass is 964 g/mol. The molecule has 0 aromatic carbocycles. The van der Waals surface area contributed by atoms with Crippen LogP contribution in [0, 0.1) is 0 Å². The minimum atomic E-state index is -1.55. The summed E-state index contributed by atoms with van der Waals surface area (Å²) < 4.78 is 11.3. The molecule has 9 heteroatoms. The second-order valence-corrected chi connectivity index (χ2v) is 20.8. The van der Waals surface area contributed by atoms with E-state index >= 15 is 0 Å². The number of allylic oxidation sites excluding steroid dienone is 4. The number of rotatable bonds is 51. The van der Waals surface area contributed by atoms with Gasteiger partial charge in [0, 0.05) is 6.42 Å².